The third-order valence-corrected chi connectivity index (χ3v) is 5.96. The summed E-state index contributed by atoms with van der Waals surface area (Å²) < 4.78 is 17.6. The molecule has 6 heteroatoms. The fraction of sp³-hybridized carbons (Fsp3) is 0.483. The zero-order valence-corrected chi connectivity index (χ0v) is 22.4. The summed E-state index contributed by atoms with van der Waals surface area (Å²) in [6, 6.07) is 19.4. The number of rotatable bonds is 11. The quantitative estimate of drug-likeness (QED) is 0.427. The molecule has 35 heavy (non-hydrogen) atoms. The average molecular weight is 499 g/mol. The second-order valence-electron chi connectivity index (χ2n) is 9.60. The third-order valence-electron chi connectivity index (χ3n) is 4.91. The van der Waals surface area contributed by atoms with Crippen molar-refractivity contribution in [2.45, 2.75) is 77.0 Å². The molecule has 0 amide bonds. The summed E-state index contributed by atoms with van der Waals surface area (Å²) in [5.74, 6) is 6.38. The molecule has 0 spiro atoms. The molecular formula is C29H38O5S. The Morgan fingerprint density at radius 1 is 0.914 bits per heavy atom. The highest BCUT2D eigenvalue weighted by atomic mass is 32.2. The molecule has 0 fully saturated rings. The summed E-state index contributed by atoms with van der Waals surface area (Å²) in [6.45, 7) is 10.3. The number of thioether (sulfide) groups is 1. The maximum atomic E-state index is 13.0. The topological polar surface area (TPSA) is 65.0 Å². The molecule has 0 saturated heterocycles. The number of carbonyl (C=O) groups excluding carboxylic acids is 1. The molecule has 4 atom stereocenters. The highest BCUT2D eigenvalue weighted by Crippen LogP contribution is 2.28. The number of hydrogen-bond donors (Lipinski definition) is 1. The summed E-state index contributed by atoms with van der Waals surface area (Å²) in [5, 5.41) is 11.2. The minimum absolute atomic E-state index is 0.0982. The maximum Gasteiger partial charge on any atom is 0.220 e. The van der Waals surface area contributed by atoms with E-state index < -0.39 is 24.4 Å². The van der Waals surface area contributed by atoms with Crippen LogP contribution in [0.15, 0.2) is 60.7 Å². The van der Waals surface area contributed by atoms with Crippen molar-refractivity contribution < 1.29 is 24.1 Å². The number of aliphatic hydroxyl groups excluding tert-OH is 1. The zero-order valence-electron chi connectivity index (χ0n) is 21.6. The normalized spacial score (nSPS) is 15.1. The van der Waals surface area contributed by atoms with E-state index in [0.717, 1.165) is 22.9 Å². The molecule has 0 aliphatic rings. The van der Waals surface area contributed by atoms with E-state index in [9.17, 15) is 9.90 Å². The van der Waals surface area contributed by atoms with Crippen molar-refractivity contribution >= 4 is 16.9 Å². The second kappa shape index (κ2) is 14.4. The van der Waals surface area contributed by atoms with Crippen LogP contribution in [-0.4, -0.2) is 46.5 Å². The minimum atomic E-state index is -1.28. The highest BCUT2D eigenvalue weighted by molar-refractivity contribution is 8.14. The van der Waals surface area contributed by atoms with Crippen molar-refractivity contribution in [1.82, 2.24) is 0 Å². The number of benzene rings is 2. The summed E-state index contributed by atoms with van der Waals surface area (Å²) in [7, 11) is 1.42. The lowest BCUT2D eigenvalue weighted by atomic mass is 10.0. The van der Waals surface area contributed by atoms with Gasteiger partial charge in [0.05, 0.1) is 13.2 Å². The van der Waals surface area contributed by atoms with Crippen LogP contribution in [-0.2, 0) is 32.2 Å². The molecule has 2 rings (SSSR count). The van der Waals surface area contributed by atoms with E-state index >= 15 is 0 Å². The van der Waals surface area contributed by atoms with Crippen molar-refractivity contribution in [3.05, 3.63) is 71.8 Å². The van der Waals surface area contributed by atoms with E-state index in [0.29, 0.717) is 6.61 Å². The Morgan fingerprint density at radius 2 is 1.43 bits per heavy atom. The Morgan fingerprint density at radius 3 is 1.89 bits per heavy atom. The van der Waals surface area contributed by atoms with E-state index in [1.807, 2.05) is 95.3 Å². The van der Waals surface area contributed by atoms with Crippen LogP contribution < -0.4 is 0 Å². The molecule has 1 N–H and O–H groups in total. The van der Waals surface area contributed by atoms with E-state index in [2.05, 4.69) is 11.8 Å². The van der Waals surface area contributed by atoms with Crippen LogP contribution in [0.4, 0.5) is 0 Å². The average Bonchev–Trinajstić information content (AvgIpc) is 2.80. The van der Waals surface area contributed by atoms with Gasteiger partial charge < -0.3 is 19.3 Å². The van der Waals surface area contributed by atoms with E-state index in [1.54, 1.807) is 0 Å². The Bertz CT molecular complexity index is 944. The zero-order chi connectivity index (χ0) is 25.8. The van der Waals surface area contributed by atoms with Gasteiger partial charge in [-0.05, 0) is 11.1 Å². The monoisotopic (exact) mass is 498 g/mol. The van der Waals surface area contributed by atoms with Gasteiger partial charge in [0.2, 0.25) is 5.12 Å². The van der Waals surface area contributed by atoms with Crippen LogP contribution in [0.2, 0.25) is 0 Å². The molecular weight excluding hydrogens is 460 g/mol. The second-order valence-corrected chi connectivity index (χ2v) is 11.4. The lowest BCUT2D eigenvalue weighted by molar-refractivity contribution is -0.156. The van der Waals surface area contributed by atoms with Crippen LogP contribution in [0.1, 0.15) is 45.7 Å². The molecule has 2 aromatic rings. The lowest BCUT2D eigenvalue weighted by Crippen LogP contribution is -2.50. The Kier molecular flexibility index (Phi) is 12.0. The number of carbonyl (C=O) groups is 1. The number of ether oxygens (including phenoxy) is 3. The summed E-state index contributed by atoms with van der Waals surface area (Å²) >= 11 is 1.13. The third kappa shape index (κ3) is 10.6. The van der Waals surface area contributed by atoms with Gasteiger partial charge in [-0.2, -0.15) is 0 Å². The molecule has 0 heterocycles. The predicted molar refractivity (Wildman–Crippen MR) is 142 cm³/mol. The number of hydrogen-bond acceptors (Lipinski definition) is 6. The molecule has 190 valence electrons. The molecule has 0 radical (unpaired) electrons. The van der Waals surface area contributed by atoms with Gasteiger partial charge in [0, 0.05) is 17.8 Å². The van der Waals surface area contributed by atoms with Crippen LogP contribution >= 0.6 is 11.8 Å². The largest absolute Gasteiger partial charge is 0.387 e. The number of methoxy groups -OCH3 is 1. The lowest BCUT2D eigenvalue weighted by Gasteiger charge is -2.32. The van der Waals surface area contributed by atoms with Gasteiger partial charge in [0.1, 0.15) is 18.3 Å². The van der Waals surface area contributed by atoms with Gasteiger partial charge in [-0.1, -0.05) is 119 Å². The predicted octanol–water partition coefficient (Wildman–Crippen LogP) is 5.25. The molecule has 2 aromatic carbocycles. The van der Waals surface area contributed by atoms with E-state index in [4.69, 9.17) is 14.2 Å². The molecule has 5 nitrogen and oxygen atoms in total. The first-order valence-corrected chi connectivity index (χ1v) is 12.7. The van der Waals surface area contributed by atoms with Gasteiger partial charge in [0.15, 0.2) is 6.10 Å². The molecule has 0 aliphatic carbocycles. The van der Waals surface area contributed by atoms with Gasteiger partial charge >= 0.3 is 0 Å². The first kappa shape index (κ1) is 29.1. The Balaban J connectivity index is 2.35. The SMILES string of the molecule is CO[C@@H](C(=O)SC(C)(C)C)[C@H](O)[C@@H](OCc1ccccc1)[C@@H](C#CC(C)C)OCc1ccccc1. The summed E-state index contributed by atoms with van der Waals surface area (Å²) in [4.78, 5) is 13.0. The molecule has 0 aliphatic heterocycles. The standard InChI is InChI=1S/C29H38O5S/c1-21(2)17-18-24(33-19-22-13-9-7-10-14-22)26(34-20-23-15-11-8-12-16-23)25(30)27(32-6)28(31)35-29(3,4)5/h7-16,21,24-27,30H,19-20H2,1-6H3/t24-,25-,26+,27-/m1/s1. The van der Waals surface area contributed by atoms with E-state index in [-0.39, 0.29) is 22.4 Å². The molecule has 0 aromatic heterocycles. The first-order valence-electron chi connectivity index (χ1n) is 11.9. The van der Waals surface area contributed by atoms with Crippen molar-refractivity contribution in [2.75, 3.05) is 7.11 Å². The Labute approximate surface area is 214 Å². The van der Waals surface area contributed by atoms with Crippen molar-refractivity contribution in [2.24, 2.45) is 5.92 Å². The van der Waals surface area contributed by atoms with Crippen molar-refractivity contribution in [3.8, 4) is 11.8 Å². The Hall–Kier alpha value is -2.14. The van der Waals surface area contributed by atoms with Crippen molar-refractivity contribution in [3.63, 3.8) is 0 Å². The fourth-order valence-corrected chi connectivity index (χ4v) is 4.22. The summed E-state index contributed by atoms with van der Waals surface area (Å²) in [6.07, 6.45) is -4.07. The first-order chi connectivity index (χ1) is 16.6. The van der Waals surface area contributed by atoms with Crippen LogP contribution in [0.5, 0.6) is 0 Å². The van der Waals surface area contributed by atoms with Gasteiger partial charge in [-0.15, -0.1) is 0 Å². The van der Waals surface area contributed by atoms with Crippen LogP contribution in [0.25, 0.3) is 0 Å². The van der Waals surface area contributed by atoms with Crippen LogP contribution in [0.3, 0.4) is 0 Å². The maximum absolute atomic E-state index is 13.0. The molecule has 0 bridgehead atoms. The smallest absolute Gasteiger partial charge is 0.220 e. The van der Waals surface area contributed by atoms with Crippen LogP contribution in [0, 0.1) is 17.8 Å². The number of aliphatic hydroxyl groups is 1. The fourth-order valence-electron chi connectivity index (χ4n) is 3.27. The molecule has 0 unspecified atom stereocenters. The van der Waals surface area contributed by atoms with Gasteiger partial charge in [-0.25, -0.2) is 0 Å². The van der Waals surface area contributed by atoms with Crippen molar-refractivity contribution in [1.29, 1.82) is 0 Å². The minimum Gasteiger partial charge on any atom is -0.387 e. The van der Waals surface area contributed by atoms with Gasteiger partial charge in [0.25, 0.3) is 0 Å². The summed E-state index contributed by atoms with van der Waals surface area (Å²) in [5.41, 5.74) is 1.91. The highest BCUT2D eigenvalue weighted by Gasteiger charge is 2.40. The van der Waals surface area contributed by atoms with E-state index in [1.165, 1.54) is 7.11 Å². The van der Waals surface area contributed by atoms with Gasteiger partial charge in [-0.3, -0.25) is 4.79 Å². The molecule has 0 saturated carbocycles.